The van der Waals surface area contributed by atoms with Crippen LogP contribution in [-0.2, 0) is 6.42 Å². The Labute approximate surface area is 191 Å². The predicted molar refractivity (Wildman–Crippen MR) is 119 cm³/mol. The maximum atomic E-state index is 13.7. The van der Waals surface area contributed by atoms with Gasteiger partial charge in [-0.1, -0.05) is 12.1 Å². The van der Waals surface area contributed by atoms with Crippen LogP contribution in [0.25, 0.3) is 0 Å². The number of nitrogens with zero attached hydrogens (tertiary/aromatic N) is 2. The number of rotatable bonds is 8. The Morgan fingerprint density at radius 3 is 2.50 bits per heavy atom. The third-order valence-corrected chi connectivity index (χ3v) is 4.98. The molecular formula is C20H30F5IN4. The van der Waals surface area contributed by atoms with Crippen molar-refractivity contribution in [2.24, 2.45) is 10.9 Å². The zero-order chi connectivity index (χ0) is 21.3. The first kappa shape index (κ1) is 26.9. The molecule has 0 radical (unpaired) electrons. The van der Waals surface area contributed by atoms with E-state index in [1.165, 1.54) is 11.0 Å². The average molecular weight is 548 g/mol. The maximum Gasteiger partial charge on any atom is 0.401 e. The molecule has 1 fully saturated rings. The molecule has 0 aromatic heterocycles. The average Bonchev–Trinajstić information content (AvgIpc) is 2.65. The topological polar surface area (TPSA) is 39.7 Å². The van der Waals surface area contributed by atoms with Gasteiger partial charge in [0.1, 0.15) is 0 Å². The smallest absolute Gasteiger partial charge is 0.357 e. The van der Waals surface area contributed by atoms with Gasteiger partial charge in [-0.05, 0) is 63.2 Å². The zero-order valence-corrected chi connectivity index (χ0v) is 19.4. The number of halogens is 6. The summed E-state index contributed by atoms with van der Waals surface area (Å²) in [6.45, 7) is 3.65. The SMILES string of the molecule is CCNC(=NCCC1CCN(CC(F)(F)F)CC1)NCCc1cccc(F)c1F.I. The Hall–Kier alpha value is -1.17. The Balaban J connectivity index is 0.00000450. The molecule has 0 saturated carbocycles. The van der Waals surface area contributed by atoms with Gasteiger partial charge in [0.2, 0.25) is 0 Å². The Kier molecular flexibility index (Phi) is 11.9. The van der Waals surface area contributed by atoms with E-state index in [-0.39, 0.29) is 24.0 Å². The summed E-state index contributed by atoms with van der Waals surface area (Å²) in [7, 11) is 0. The van der Waals surface area contributed by atoms with Gasteiger partial charge in [0.15, 0.2) is 17.6 Å². The van der Waals surface area contributed by atoms with Crippen molar-refractivity contribution < 1.29 is 22.0 Å². The molecule has 1 heterocycles. The molecule has 0 unspecified atom stereocenters. The highest BCUT2D eigenvalue weighted by molar-refractivity contribution is 14.0. The lowest BCUT2D eigenvalue weighted by Crippen LogP contribution is -2.40. The van der Waals surface area contributed by atoms with Crippen LogP contribution in [0.4, 0.5) is 22.0 Å². The minimum absolute atomic E-state index is 0. The van der Waals surface area contributed by atoms with E-state index in [1.807, 2.05) is 6.92 Å². The van der Waals surface area contributed by atoms with Crippen molar-refractivity contribution in [2.45, 2.75) is 38.8 Å². The van der Waals surface area contributed by atoms with Gasteiger partial charge in [0.05, 0.1) is 6.54 Å². The van der Waals surface area contributed by atoms with E-state index in [0.717, 1.165) is 25.3 Å². The number of likely N-dealkylation sites (tertiary alicyclic amines) is 1. The van der Waals surface area contributed by atoms with E-state index in [4.69, 9.17) is 0 Å². The molecule has 4 nitrogen and oxygen atoms in total. The van der Waals surface area contributed by atoms with Crippen LogP contribution in [0.3, 0.4) is 0 Å². The molecule has 0 atom stereocenters. The van der Waals surface area contributed by atoms with Gasteiger partial charge in [-0.3, -0.25) is 9.89 Å². The van der Waals surface area contributed by atoms with Crippen molar-refractivity contribution in [3.8, 4) is 0 Å². The van der Waals surface area contributed by atoms with Crippen molar-refractivity contribution in [1.82, 2.24) is 15.5 Å². The van der Waals surface area contributed by atoms with Gasteiger partial charge in [-0.25, -0.2) is 8.78 Å². The molecule has 0 bridgehead atoms. The summed E-state index contributed by atoms with van der Waals surface area (Å²) in [5, 5.41) is 6.21. The molecule has 1 aliphatic rings. The summed E-state index contributed by atoms with van der Waals surface area (Å²) in [5.74, 6) is -0.719. The third kappa shape index (κ3) is 9.76. The summed E-state index contributed by atoms with van der Waals surface area (Å²) in [6, 6.07) is 4.12. The molecule has 0 aliphatic carbocycles. The molecule has 172 valence electrons. The monoisotopic (exact) mass is 548 g/mol. The normalized spacial score (nSPS) is 16.3. The molecule has 1 aliphatic heterocycles. The summed E-state index contributed by atoms with van der Waals surface area (Å²) in [4.78, 5) is 5.95. The van der Waals surface area contributed by atoms with Crippen LogP contribution >= 0.6 is 24.0 Å². The fourth-order valence-electron chi connectivity index (χ4n) is 3.44. The number of alkyl halides is 3. The van der Waals surface area contributed by atoms with Crippen LogP contribution in [0.2, 0.25) is 0 Å². The second-order valence-electron chi connectivity index (χ2n) is 7.27. The largest absolute Gasteiger partial charge is 0.401 e. The van der Waals surface area contributed by atoms with E-state index in [0.29, 0.717) is 56.6 Å². The predicted octanol–water partition coefficient (Wildman–Crippen LogP) is 4.34. The number of hydrogen-bond donors (Lipinski definition) is 2. The standard InChI is InChI=1S/C20H29F5N4.HI/c1-2-26-19(28-11-7-16-4-3-5-17(21)18(16)22)27-10-6-15-8-12-29(13-9-15)14-20(23,24)25;/h3-5,15H,2,6-14H2,1H3,(H2,26,27,28);1H. The van der Waals surface area contributed by atoms with Gasteiger partial charge >= 0.3 is 6.18 Å². The van der Waals surface area contributed by atoms with Crippen LogP contribution in [0.1, 0.15) is 31.7 Å². The summed E-state index contributed by atoms with van der Waals surface area (Å²) >= 11 is 0. The molecule has 0 amide bonds. The van der Waals surface area contributed by atoms with Crippen LogP contribution in [-0.4, -0.2) is 56.3 Å². The minimum Gasteiger partial charge on any atom is -0.357 e. The van der Waals surface area contributed by atoms with Crippen molar-refractivity contribution >= 4 is 29.9 Å². The molecule has 30 heavy (non-hydrogen) atoms. The van der Waals surface area contributed by atoms with Crippen LogP contribution in [0.5, 0.6) is 0 Å². The molecule has 1 aromatic carbocycles. The Bertz CT molecular complexity index is 661. The van der Waals surface area contributed by atoms with E-state index >= 15 is 0 Å². The zero-order valence-electron chi connectivity index (χ0n) is 17.1. The maximum absolute atomic E-state index is 13.7. The molecule has 1 saturated heterocycles. The number of guanidine groups is 1. The Morgan fingerprint density at radius 1 is 1.17 bits per heavy atom. The van der Waals surface area contributed by atoms with Crippen molar-refractivity contribution in [1.29, 1.82) is 0 Å². The third-order valence-electron chi connectivity index (χ3n) is 4.98. The molecule has 2 rings (SSSR count). The Morgan fingerprint density at radius 2 is 1.87 bits per heavy atom. The molecule has 1 aromatic rings. The van der Waals surface area contributed by atoms with Crippen LogP contribution < -0.4 is 10.6 Å². The molecule has 10 heteroatoms. The lowest BCUT2D eigenvalue weighted by atomic mass is 9.93. The van der Waals surface area contributed by atoms with Gasteiger partial charge in [-0.2, -0.15) is 13.2 Å². The second kappa shape index (κ2) is 13.3. The van der Waals surface area contributed by atoms with Crippen LogP contribution in [0.15, 0.2) is 23.2 Å². The van der Waals surface area contributed by atoms with Gasteiger partial charge in [-0.15, -0.1) is 24.0 Å². The molecular weight excluding hydrogens is 518 g/mol. The van der Waals surface area contributed by atoms with Crippen molar-refractivity contribution in [3.05, 3.63) is 35.4 Å². The van der Waals surface area contributed by atoms with E-state index in [2.05, 4.69) is 15.6 Å². The fourth-order valence-corrected chi connectivity index (χ4v) is 3.44. The van der Waals surface area contributed by atoms with Crippen molar-refractivity contribution in [3.63, 3.8) is 0 Å². The first-order valence-corrected chi connectivity index (χ1v) is 10.0. The number of hydrogen-bond acceptors (Lipinski definition) is 2. The van der Waals surface area contributed by atoms with E-state index < -0.39 is 24.4 Å². The van der Waals surface area contributed by atoms with Crippen LogP contribution in [0, 0.1) is 17.6 Å². The first-order valence-electron chi connectivity index (χ1n) is 10.0. The fraction of sp³-hybridized carbons (Fsp3) is 0.650. The lowest BCUT2D eigenvalue weighted by Gasteiger charge is -2.32. The van der Waals surface area contributed by atoms with Gasteiger partial charge in [0, 0.05) is 19.6 Å². The second-order valence-corrected chi connectivity index (χ2v) is 7.27. The molecule has 2 N–H and O–H groups in total. The summed E-state index contributed by atoms with van der Waals surface area (Å²) in [6.07, 6.45) is -1.51. The van der Waals surface area contributed by atoms with Gasteiger partial charge in [0.25, 0.3) is 0 Å². The highest BCUT2D eigenvalue weighted by atomic mass is 127. The highest BCUT2D eigenvalue weighted by Gasteiger charge is 2.32. The lowest BCUT2D eigenvalue weighted by molar-refractivity contribution is -0.148. The minimum atomic E-state index is -4.14. The van der Waals surface area contributed by atoms with E-state index in [1.54, 1.807) is 6.07 Å². The van der Waals surface area contributed by atoms with Crippen molar-refractivity contribution in [2.75, 3.05) is 39.3 Å². The number of nitrogens with one attached hydrogen (secondary N) is 2. The van der Waals surface area contributed by atoms with E-state index in [9.17, 15) is 22.0 Å². The highest BCUT2D eigenvalue weighted by Crippen LogP contribution is 2.24. The quantitative estimate of drug-likeness (QED) is 0.220. The summed E-state index contributed by atoms with van der Waals surface area (Å²) in [5.41, 5.74) is 0.305. The number of benzene rings is 1. The first-order chi connectivity index (χ1) is 13.8. The molecule has 0 spiro atoms. The van der Waals surface area contributed by atoms with Gasteiger partial charge < -0.3 is 10.6 Å². The summed E-state index contributed by atoms with van der Waals surface area (Å²) < 4.78 is 64.3. The number of aliphatic imine (C=N–C) groups is 1. The number of piperidine rings is 1.